The number of para-hydroxylation sites is 1. The number of hydrogen-bond donors (Lipinski definition) is 2. The first kappa shape index (κ1) is 11.1. The average molecular weight is 220 g/mol. The number of hydrogen-bond acceptors (Lipinski definition) is 3. The van der Waals surface area contributed by atoms with E-state index in [1.54, 1.807) is 5.01 Å². The van der Waals surface area contributed by atoms with Crippen molar-refractivity contribution in [2.75, 3.05) is 11.6 Å². The largest absolute Gasteiger partial charge is 0.396 e. The summed E-state index contributed by atoms with van der Waals surface area (Å²) in [6.45, 7) is 2.01. The van der Waals surface area contributed by atoms with Crippen LogP contribution in [0.15, 0.2) is 30.3 Å². The molecule has 2 unspecified atom stereocenters. The number of aliphatic hydroxyl groups is 1. The van der Waals surface area contributed by atoms with Crippen LogP contribution in [-0.2, 0) is 4.79 Å². The summed E-state index contributed by atoms with van der Waals surface area (Å²) in [6.07, 6.45) is 0.510. The van der Waals surface area contributed by atoms with Crippen LogP contribution in [0.25, 0.3) is 0 Å². The van der Waals surface area contributed by atoms with Crippen LogP contribution in [-0.4, -0.2) is 23.7 Å². The number of carbonyl (C=O) groups is 1. The van der Waals surface area contributed by atoms with E-state index in [4.69, 9.17) is 5.11 Å². The Kier molecular flexibility index (Phi) is 3.22. The van der Waals surface area contributed by atoms with Gasteiger partial charge in [-0.05, 0) is 25.5 Å². The molecule has 2 atom stereocenters. The molecule has 1 fully saturated rings. The molecule has 16 heavy (non-hydrogen) atoms. The Bertz CT molecular complexity index is 367. The lowest BCUT2D eigenvalue weighted by atomic mass is 9.99. The van der Waals surface area contributed by atoms with Gasteiger partial charge in [0, 0.05) is 12.6 Å². The maximum absolute atomic E-state index is 12.1. The summed E-state index contributed by atoms with van der Waals surface area (Å²) in [5.74, 6) is -0.0991. The molecule has 86 valence electrons. The van der Waals surface area contributed by atoms with Gasteiger partial charge in [-0.15, -0.1) is 0 Å². The Morgan fingerprint density at radius 2 is 2.06 bits per heavy atom. The van der Waals surface area contributed by atoms with Gasteiger partial charge < -0.3 is 5.11 Å². The van der Waals surface area contributed by atoms with Crippen molar-refractivity contribution in [2.24, 2.45) is 5.92 Å². The molecule has 1 aromatic carbocycles. The fourth-order valence-corrected chi connectivity index (χ4v) is 2.03. The number of nitrogens with one attached hydrogen (secondary N) is 1. The van der Waals surface area contributed by atoms with Gasteiger partial charge in [0.05, 0.1) is 11.6 Å². The molecule has 1 aliphatic rings. The lowest BCUT2D eigenvalue weighted by Gasteiger charge is -2.16. The van der Waals surface area contributed by atoms with Crippen LogP contribution in [0.3, 0.4) is 0 Å². The van der Waals surface area contributed by atoms with Gasteiger partial charge in [0.1, 0.15) is 0 Å². The topological polar surface area (TPSA) is 52.6 Å². The third-order valence-electron chi connectivity index (χ3n) is 2.93. The quantitative estimate of drug-likeness (QED) is 0.796. The van der Waals surface area contributed by atoms with Crippen molar-refractivity contribution in [3.8, 4) is 0 Å². The standard InChI is InChI=1S/C12H16N2O2/c1-9-11(7-8-15)12(16)14(13-9)10-5-3-2-4-6-10/h2-6,9,11,13,15H,7-8H2,1H3. The van der Waals surface area contributed by atoms with Crippen LogP contribution < -0.4 is 10.4 Å². The van der Waals surface area contributed by atoms with Crippen molar-refractivity contribution >= 4 is 11.6 Å². The highest BCUT2D eigenvalue weighted by atomic mass is 16.3. The molecular formula is C12H16N2O2. The van der Waals surface area contributed by atoms with Crippen molar-refractivity contribution in [1.82, 2.24) is 5.43 Å². The Balaban J connectivity index is 2.17. The molecule has 1 amide bonds. The van der Waals surface area contributed by atoms with Crippen molar-refractivity contribution in [3.05, 3.63) is 30.3 Å². The van der Waals surface area contributed by atoms with Gasteiger partial charge in [-0.2, -0.15) is 0 Å². The molecule has 2 rings (SSSR count). The highest BCUT2D eigenvalue weighted by Gasteiger charge is 2.37. The summed E-state index contributed by atoms with van der Waals surface area (Å²) in [5.41, 5.74) is 3.97. The average Bonchev–Trinajstić information content (AvgIpc) is 2.59. The lowest BCUT2D eigenvalue weighted by Crippen LogP contribution is -2.36. The predicted molar refractivity (Wildman–Crippen MR) is 61.7 cm³/mol. The fraction of sp³-hybridized carbons (Fsp3) is 0.417. The SMILES string of the molecule is CC1NN(c2ccccc2)C(=O)C1CCO. The van der Waals surface area contributed by atoms with Crippen molar-refractivity contribution in [3.63, 3.8) is 0 Å². The molecule has 1 aliphatic heterocycles. The Labute approximate surface area is 94.9 Å². The van der Waals surface area contributed by atoms with E-state index in [-0.39, 0.29) is 24.5 Å². The minimum atomic E-state index is -0.134. The summed E-state index contributed by atoms with van der Waals surface area (Å²) in [5, 5.41) is 10.5. The summed E-state index contributed by atoms with van der Waals surface area (Å²) in [4.78, 5) is 12.1. The van der Waals surface area contributed by atoms with Crippen LogP contribution in [0.4, 0.5) is 5.69 Å². The zero-order chi connectivity index (χ0) is 11.5. The number of rotatable bonds is 3. The van der Waals surface area contributed by atoms with Gasteiger partial charge in [0.15, 0.2) is 0 Å². The molecule has 1 aromatic rings. The molecule has 0 aromatic heterocycles. The molecule has 2 N–H and O–H groups in total. The van der Waals surface area contributed by atoms with Crippen LogP contribution in [0.2, 0.25) is 0 Å². The smallest absolute Gasteiger partial charge is 0.246 e. The number of nitrogens with zero attached hydrogens (tertiary/aromatic N) is 1. The zero-order valence-corrected chi connectivity index (χ0v) is 9.26. The van der Waals surface area contributed by atoms with Gasteiger partial charge in [-0.1, -0.05) is 18.2 Å². The second-order valence-corrected chi connectivity index (χ2v) is 4.05. The number of amides is 1. The van der Waals surface area contributed by atoms with Crippen molar-refractivity contribution < 1.29 is 9.90 Å². The van der Waals surface area contributed by atoms with E-state index in [0.717, 1.165) is 5.69 Å². The van der Waals surface area contributed by atoms with Gasteiger partial charge in [0.25, 0.3) is 0 Å². The highest BCUT2D eigenvalue weighted by Crippen LogP contribution is 2.24. The number of carbonyl (C=O) groups excluding carboxylic acids is 1. The minimum Gasteiger partial charge on any atom is -0.396 e. The number of aliphatic hydroxyl groups excluding tert-OH is 1. The van der Waals surface area contributed by atoms with Gasteiger partial charge >= 0.3 is 0 Å². The van der Waals surface area contributed by atoms with E-state index < -0.39 is 0 Å². The minimum absolute atomic E-state index is 0.0350. The Hall–Kier alpha value is -1.39. The Morgan fingerprint density at radius 3 is 2.69 bits per heavy atom. The first-order chi connectivity index (χ1) is 7.74. The highest BCUT2D eigenvalue weighted by molar-refractivity contribution is 5.96. The Morgan fingerprint density at radius 1 is 1.38 bits per heavy atom. The molecule has 0 radical (unpaired) electrons. The molecule has 0 saturated carbocycles. The van der Waals surface area contributed by atoms with Crippen LogP contribution in [0.1, 0.15) is 13.3 Å². The number of benzene rings is 1. The fourth-order valence-electron chi connectivity index (χ4n) is 2.03. The summed E-state index contributed by atoms with van der Waals surface area (Å²) in [6, 6.07) is 9.55. The molecule has 4 heteroatoms. The lowest BCUT2D eigenvalue weighted by molar-refractivity contribution is -0.121. The van der Waals surface area contributed by atoms with E-state index in [0.29, 0.717) is 6.42 Å². The van der Waals surface area contributed by atoms with Crippen molar-refractivity contribution in [2.45, 2.75) is 19.4 Å². The second kappa shape index (κ2) is 4.63. The molecule has 0 spiro atoms. The molecule has 0 aliphatic carbocycles. The third kappa shape index (κ3) is 1.94. The maximum atomic E-state index is 12.1. The summed E-state index contributed by atoms with van der Waals surface area (Å²) >= 11 is 0. The normalized spacial score (nSPS) is 25.1. The first-order valence-electron chi connectivity index (χ1n) is 5.50. The van der Waals surface area contributed by atoms with Gasteiger partial charge in [0.2, 0.25) is 5.91 Å². The van der Waals surface area contributed by atoms with Crippen LogP contribution in [0, 0.1) is 5.92 Å². The summed E-state index contributed by atoms with van der Waals surface area (Å²) in [7, 11) is 0. The first-order valence-corrected chi connectivity index (χ1v) is 5.50. The predicted octanol–water partition coefficient (Wildman–Crippen LogP) is 0.925. The monoisotopic (exact) mass is 220 g/mol. The van der Waals surface area contributed by atoms with E-state index in [1.807, 2.05) is 37.3 Å². The van der Waals surface area contributed by atoms with E-state index in [9.17, 15) is 4.79 Å². The van der Waals surface area contributed by atoms with E-state index in [2.05, 4.69) is 5.43 Å². The van der Waals surface area contributed by atoms with Gasteiger partial charge in [-0.3, -0.25) is 4.79 Å². The van der Waals surface area contributed by atoms with Crippen LogP contribution >= 0.6 is 0 Å². The number of hydrazine groups is 1. The second-order valence-electron chi connectivity index (χ2n) is 4.05. The molecular weight excluding hydrogens is 204 g/mol. The molecule has 0 bridgehead atoms. The summed E-state index contributed by atoms with van der Waals surface area (Å²) < 4.78 is 0. The van der Waals surface area contributed by atoms with E-state index in [1.165, 1.54) is 0 Å². The van der Waals surface area contributed by atoms with E-state index >= 15 is 0 Å². The van der Waals surface area contributed by atoms with Crippen LogP contribution in [0.5, 0.6) is 0 Å². The van der Waals surface area contributed by atoms with Crippen molar-refractivity contribution in [1.29, 1.82) is 0 Å². The third-order valence-corrected chi connectivity index (χ3v) is 2.93. The molecule has 4 nitrogen and oxygen atoms in total. The van der Waals surface area contributed by atoms with Gasteiger partial charge in [-0.25, -0.2) is 10.4 Å². The maximum Gasteiger partial charge on any atom is 0.246 e. The number of anilines is 1. The molecule has 1 saturated heterocycles. The zero-order valence-electron chi connectivity index (χ0n) is 9.26. The molecule has 1 heterocycles.